The van der Waals surface area contributed by atoms with Crippen molar-refractivity contribution in [3.63, 3.8) is 0 Å². The quantitative estimate of drug-likeness (QED) is 0.121. The van der Waals surface area contributed by atoms with E-state index in [2.05, 4.69) is 124 Å². The first-order valence-electron chi connectivity index (χ1n) is 21.4. The van der Waals surface area contributed by atoms with Gasteiger partial charge in [-0.15, -0.1) is 10.2 Å². The first-order valence-corrected chi connectivity index (χ1v) is 23.5. The fourth-order valence-corrected chi connectivity index (χ4v) is 15.0. The van der Waals surface area contributed by atoms with Gasteiger partial charge < -0.3 is 19.4 Å². The van der Waals surface area contributed by atoms with E-state index in [4.69, 9.17) is 14.3 Å². The van der Waals surface area contributed by atoms with Crippen LogP contribution in [0.1, 0.15) is 123 Å². The molecular formula is C46H64N8O3Si. The van der Waals surface area contributed by atoms with E-state index < -0.39 is 8.32 Å². The molecule has 0 unspecified atom stereocenters. The summed E-state index contributed by atoms with van der Waals surface area (Å²) in [6, 6.07) is 21.9. The lowest BCUT2D eigenvalue weighted by Crippen LogP contribution is -2.49. The van der Waals surface area contributed by atoms with Crippen LogP contribution >= 0.6 is 0 Å². The summed E-state index contributed by atoms with van der Waals surface area (Å²) >= 11 is 0. The average Bonchev–Trinajstić information content (AvgIpc) is 3.81. The van der Waals surface area contributed by atoms with Crippen LogP contribution in [0.2, 0.25) is 16.6 Å². The van der Waals surface area contributed by atoms with Crippen molar-refractivity contribution in [3.8, 4) is 11.4 Å². The third-order valence-electron chi connectivity index (χ3n) is 12.5. The average molecular weight is 805 g/mol. The van der Waals surface area contributed by atoms with Crippen molar-refractivity contribution in [2.24, 2.45) is 5.92 Å². The second kappa shape index (κ2) is 16.9. The number of benzene rings is 2. The standard InChI is InChI=1S/C46H64N8O3Si/c1-30(2)58(31(3)4,32(5)6)56-29-34-14-13-25-52(27-34)45-50-49-42-24-21-36(28-53(42)45)57-40-23-22-39(37-15-11-12-16-38(37)40)47-44(55)48-43-26-41(46(8,9)10)51-54(43)35-19-17-33(7)18-20-35/h11-12,15-21,24,26,28,30-32,34,39-40H,13-14,22-23,25,27,29H2,1-10H3,(H2,47,48,55)/t34-,39+,40-/m1/s1. The molecule has 0 radical (unpaired) electrons. The summed E-state index contributed by atoms with van der Waals surface area (Å²) in [6.45, 7) is 25.2. The molecule has 2 N–H and O–H groups in total. The second-order valence-electron chi connectivity index (χ2n) is 18.6. The number of rotatable bonds is 12. The number of nitrogens with one attached hydrogen (secondary N) is 2. The van der Waals surface area contributed by atoms with Crippen molar-refractivity contribution in [1.29, 1.82) is 0 Å². The minimum atomic E-state index is -1.94. The number of fused-ring (bicyclic) bond motifs is 2. The molecule has 5 aromatic rings. The number of amides is 2. The summed E-state index contributed by atoms with van der Waals surface area (Å²) in [4.78, 5) is 16.1. The van der Waals surface area contributed by atoms with E-state index in [9.17, 15) is 4.79 Å². The number of piperidine rings is 1. The van der Waals surface area contributed by atoms with Crippen LogP contribution in [0.15, 0.2) is 72.9 Å². The van der Waals surface area contributed by atoms with E-state index in [1.165, 1.54) is 0 Å². The maximum absolute atomic E-state index is 13.7. The molecule has 1 saturated heterocycles. The number of carbonyl (C=O) groups excluding carboxylic acids is 1. The summed E-state index contributed by atoms with van der Waals surface area (Å²) in [6.07, 6.45) is 5.59. The highest BCUT2D eigenvalue weighted by Gasteiger charge is 2.45. The van der Waals surface area contributed by atoms with E-state index in [1.54, 1.807) is 0 Å². The maximum Gasteiger partial charge on any atom is 0.320 e. The molecule has 2 amide bonds. The Morgan fingerprint density at radius 1 is 0.897 bits per heavy atom. The summed E-state index contributed by atoms with van der Waals surface area (Å²) in [5.41, 5.74) is 7.40. The van der Waals surface area contributed by atoms with Crippen molar-refractivity contribution in [3.05, 3.63) is 95.3 Å². The van der Waals surface area contributed by atoms with Gasteiger partial charge >= 0.3 is 6.03 Å². The van der Waals surface area contributed by atoms with Crippen LogP contribution in [0.3, 0.4) is 0 Å². The first-order chi connectivity index (χ1) is 27.6. The molecule has 0 bridgehead atoms. The zero-order chi connectivity index (χ0) is 41.4. The zero-order valence-electron chi connectivity index (χ0n) is 36.3. The van der Waals surface area contributed by atoms with Gasteiger partial charge in [0.1, 0.15) is 17.7 Å². The molecule has 1 aliphatic carbocycles. The number of carbonyl (C=O) groups is 1. The number of hydrogen-bond acceptors (Lipinski definition) is 7. The summed E-state index contributed by atoms with van der Waals surface area (Å²) < 4.78 is 17.7. The summed E-state index contributed by atoms with van der Waals surface area (Å²) in [5.74, 6) is 2.68. The van der Waals surface area contributed by atoms with Gasteiger partial charge in [0.15, 0.2) is 14.0 Å². The lowest BCUT2D eigenvalue weighted by Gasteiger charge is -2.44. The van der Waals surface area contributed by atoms with Gasteiger partial charge in [0.05, 0.1) is 23.6 Å². The number of aromatic nitrogens is 5. The zero-order valence-corrected chi connectivity index (χ0v) is 37.3. The third-order valence-corrected chi connectivity index (χ3v) is 18.5. The molecule has 4 heterocycles. The van der Waals surface area contributed by atoms with E-state index >= 15 is 0 Å². The largest absolute Gasteiger partial charge is 0.484 e. The molecule has 0 spiro atoms. The molecule has 3 aromatic heterocycles. The van der Waals surface area contributed by atoms with Crippen molar-refractivity contribution in [1.82, 2.24) is 29.7 Å². The van der Waals surface area contributed by atoms with Gasteiger partial charge in [-0.2, -0.15) is 5.10 Å². The molecule has 2 aromatic carbocycles. The highest BCUT2D eigenvalue weighted by Crippen LogP contribution is 2.43. The number of pyridine rings is 1. The van der Waals surface area contributed by atoms with E-state index in [-0.39, 0.29) is 23.6 Å². The second-order valence-corrected chi connectivity index (χ2v) is 24.0. The van der Waals surface area contributed by atoms with Crippen molar-refractivity contribution in [2.75, 3.05) is 29.9 Å². The van der Waals surface area contributed by atoms with Crippen molar-refractivity contribution < 1.29 is 14.0 Å². The van der Waals surface area contributed by atoms with Crippen LogP contribution in [-0.2, 0) is 9.84 Å². The highest BCUT2D eigenvalue weighted by molar-refractivity contribution is 6.77. The fourth-order valence-electron chi connectivity index (χ4n) is 9.51. The predicted octanol–water partition coefficient (Wildman–Crippen LogP) is 10.7. The summed E-state index contributed by atoms with van der Waals surface area (Å²) in [7, 11) is -1.94. The Morgan fingerprint density at radius 3 is 2.29 bits per heavy atom. The van der Waals surface area contributed by atoms with E-state index in [1.807, 2.05) is 53.3 Å². The Labute approximate surface area is 346 Å². The SMILES string of the molecule is Cc1ccc(-n2nc(C(C)(C)C)cc2NC(=O)N[C@H]2CC[C@@H](Oc3ccc4nnc(N5CCC[C@@H](CO[Si](C(C)C)(C(C)C)C(C)C)C5)n4c3)c3ccccc32)cc1. The maximum atomic E-state index is 13.7. The Hall–Kier alpha value is -4.68. The number of hydrogen-bond donors (Lipinski definition) is 2. The van der Waals surface area contributed by atoms with Gasteiger partial charge in [-0.05, 0) is 90.5 Å². The van der Waals surface area contributed by atoms with Gasteiger partial charge in [0.25, 0.3) is 0 Å². The normalized spacial score (nSPS) is 18.9. The molecule has 2 aliphatic rings. The van der Waals surface area contributed by atoms with Crippen LogP contribution < -0.4 is 20.3 Å². The number of anilines is 2. The summed E-state index contributed by atoms with van der Waals surface area (Å²) in [5, 5.41) is 20.5. The fraction of sp³-hybridized carbons (Fsp3) is 0.522. The molecule has 11 nitrogen and oxygen atoms in total. The topological polar surface area (TPSA) is 111 Å². The molecule has 58 heavy (non-hydrogen) atoms. The number of nitrogens with zero attached hydrogens (tertiary/aromatic N) is 6. The molecular weight excluding hydrogens is 741 g/mol. The smallest absolute Gasteiger partial charge is 0.320 e. The first kappa shape index (κ1) is 41.5. The Morgan fingerprint density at radius 2 is 1.60 bits per heavy atom. The Balaban J connectivity index is 1.04. The molecule has 310 valence electrons. The lowest BCUT2D eigenvalue weighted by atomic mass is 9.85. The highest BCUT2D eigenvalue weighted by atomic mass is 28.4. The minimum Gasteiger partial charge on any atom is -0.484 e. The van der Waals surface area contributed by atoms with Crippen LogP contribution in [-0.4, -0.2) is 58.4 Å². The Kier molecular flexibility index (Phi) is 12.1. The number of aryl methyl sites for hydroxylation is 1. The molecule has 12 heteroatoms. The van der Waals surface area contributed by atoms with Gasteiger partial charge in [-0.25, -0.2) is 9.48 Å². The van der Waals surface area contributed by atoms with Crippen molar-refractivity contribution in [2.45, 2.75) is 129 Å². The van der Waals surface area contributed by atoms with Gasteiger partial charge in [-0.1, -0.05) is 104 Å². The monoisotopic (exact) mass is 804 g/mol. The minimum absolute atomic E-state index is 0.171. The van der Waals surface area contributed by atoms with Crippen LogP contribution in [0.4, 0.5) is 16.6 Å². The van der Waals surface area contributed by atoms with Gasteiger partial charge in [-0.3, -0.25) is 9.72 Å². The van der Waals surface area contributed by atoms with Crippen molar-refractivity contribution >= 4 is 31.8 Å². The molecule has 0 saturated carbocycles. The molecule has 3 atom stereocenters. The van der Waals surface area contributed by atoms with Gasteiger partial charge in [0.2, 0.25) is 5.95 Å². The van der Waals surface area contributed by atoms with Crippen LogP contribution in [0.5, 0.6) is 5.75 Å². The molecule has 1 fully saturated rings. The van der Waals surface area contributed by atoms with E-state index in [0.29, 0.717) is 28.4 Å². The van der Waals surface area contributed by atoms with Crippen LogP contribution in [0, 0.1) is 12.8 Å². The van der Waals surface area contributed by atoms with E-state index in [0.717, 1.165) is 90.8 Å². The lowest BCUT2D eigenvalue weighted by molar-refractivity contribution is 0.171. The molecule has 7 rings (SSSR count). The van der Waals surface area contributed by atoms with Crippen LogP contribution in [0.25, 0.3) is 11.3 Å². The Bertz CT molecular complexity index is 2170. The predicted molar refractivity (Wildman–Crippen MR) is 236 cm³/mol. The third kappa shape index (κ3) is 8.54. The molecule has 1 aliphatic heterocycles. The number of ether oxygens (including phenoxy) is 1. The number of urea groups is 1. The van der Waals surface area contributed by atoms with Gasteiger partial charge in [0, 0.05) is 31.2 Å².